The van der Waals surface area contributed by atoms with E-state index in [0.717, 1.165) is 25.7 Å². The lowest BCUT2D eigenvalue weighted by atomic mass is 9.96. The number of carbonyl (C=O) groups excluding carboxylic acids is 1. The number of carbonyl (C=O) groups is 1. The van der Waals surface area contributed by atoms with Crippen molar-refractivity contribution in [2.75, 3.05) is 11.9 Å². The maximum atomic E-state index is 12.0. The van der Waals surface area contributed by atoms with E-state index >= 15 is 0 Å². The molecule has 0 heterocycles. The lowest BCUT2D eigenvalue weighted by Crippen LogP contribution is -2.39. The minimum absolute atomic E-state index is 0.0488. The van der Waals surface area contributed by atoms with Gasteiger partial charge in [-0.3, -0.25) is 0 Å². The molecule has 0 aromatic heterocycles. The van der Waals surface area contributed by atoms with Gasteiger partial charge in [0.15, 0.2) is 0 Å². The van der Waals surface area contributed by atoms with Gasteiger partial charge in [-0.1, -0.05) is 30.9 Å². The molecule has 1 aromatic carbocycles. The van der Waals surface area contributed by atoms with Crippen LogP contribution in [-0.4, -0.2) is 28.9 Å². The summed E-state index contributed by atoms with van der Waals surface area (Å²) in [5.74, 6) is -0.0488. The highest BCUT2D eigenvalue weighted by molar-refractivity contribution is 6.31. The van der Waals surface area contributed by atoms with Gasteiger partial charge in [0.1, 0.15) is 5.75 Å². The average molecular weight is 313 g/mol. The molecule has 1 saturated carbocycles. The minimum Gasteiger partial charge on any atom is -0.505 e. The number of amides is 2. The van der Waals surface area contributed by atoms with Crippen molar-refractivity contribution in [2.45, 2.75) is 44.6 Å². The first-order valence-corrected chi connectivity index (χ1v) is 7.67. The number of halogens is 1. The zero-order valence-electron chi connectivity index (χ0n) is 11.9. The van der Waals surface area contributed by atoms with E-state index in [0.29, 0.717) is 10.6 Å². The highest BCUT2D eigenvalue weighted by Crippen LogP contribution is 2.32. The number of phenolic OH excluding ortho intramolecular Hbond substituents is 1. The van der Waals surface area contributed by atoms with E-state index in [-0.39, 0.29) is 36.5 Å². The number of hydrogen-bond donors (Lipinski definition) is 4. The van der Waals surface area contributed by atoms with Crippen LogP contribution in [0.15, 0.2) is 12.1 Å². The van der Waals surface area contributed by atoms with Crippen molar-refractivity contribution >= 4 is 23.3 Å². The van der Waals surface area contributed by atoms with E-state index < -0.39 is 0 Å². The molecule has 116 valence electrons. The van der Waals surface area contributed by atoms with Crippen LogP contribution in [0.3, 0.4) is 0 Å². The Labute approximate surface area is 129 Å². The van der Waals surface area contributed by atoms with Gasteiger partial charge >= 0.3 is 6.03 Å². The molecule has 1 aliphatic rings. The maximum absolute atomic E-state index is 12.0. The Hall–Kier alpha value is -1.46. The van der Waals surface area contributed by atoms with Gasteiger partial charge in [-0.15, -0.1) is 0 Å². The summed E-state index contributed by atoms with van der Waals surface area (Å²) in [6, 6.07) is 2.93. The highest BCUT2D eigenvalue weighted by Gasteiger charge is 2.17. The fourth-order valence-electron chi connectivity index (χ4n) is 2.65. The van der Waals surface area contributed by atoms with Crippen molar-refractivity contribution in [3.63, 3.8) is 0 Å². The normalized spacial score (nSPS) is 15.7. The molecule has 2 rings (SSSR count). The van der Waals surface area contributed by atoms with Crippen LogP contribution in [0.4, 0.5) is 10.5 Å². The Morgan fingerprint density at radius 1 is 1.29 bits per heavy atom. The number of aliphatic hydroxyl groups is 1. The summed E-state index contributed by atoms with van der Waals surface area (Å²) < 4.78 is 0. The van der Waals surface area contributed by atoms with Crippen LogP contribution < -0.4 is 10.6 Å². The second-order valence-electron chi connectivity index (χ2n) is 5.37. The van der Waals surface area contributed by atoms with Gasteiger partial charge in [0, 0.05) is 17.7 Å². The average Bonchev–Trinajstić information content (AvgIpc) is 2.45. The molecular weight excluding hydrogens is 292 g/mol. The molecule has 1 aliphatic carbocycles. The molecule has 5 nitrogen and oxygen atoms in total. The lowest BCUT2D eigenvalue weighted by Gasteiger charge is -2.23. The van der Waals surface area contributed by atoms with E-state index in [9.17, 15) is 9.90 Å². The zero-order valence-corrected chi connectivity index (χ0v) is 12.6. The molecule has 0 atom stereocenters. The maximum Gasteiger partial charge on any atom is 0.319 e. The third kappa shape index (κ3) is 4.51. The van der Waals surface area contributed by atoms with Gasteiger partial charge in [-0.05, 0) is 37.0 Å². The Balaban J connectivity index is 2.02. The van der Waals surface area contributed by atoms with E-state index in [1.807, 2.05) is 0 Å². The summed E-state index contributed by atoms with van der Waals surface area (Å²) in [5, 5.41) is 25.0. The SMILES string of the molecule is O=C(Nc1cc(Cl)cc(CCO)c1O)NC1CCCCC1. The van der Waals surface area contributed by atoms with Gasteiger partial charge in [-0.2, -0.15) is 0 Å². The first kappa shape index (κ1) is 15.9. The summed E-state index contributed by atoms with van der Waals surface area (Å²) in [5.41, 5.74) is 0.775. The van der Waals surface area contributed by atoms with E-state index in [1.54, 1.807) is 6.07 Å². The molecule has 0 aliphatic heterocycles. The third-order valence-corrected chi connectivity index (χ3v) is 3.94. The van der Waals surface area contributed by atoms with E-state index in [4.69, 9.17) is 16.7 Å². The molecule has 1 aromatic rings. The molecule has 2 amide bonds. The first-order valence-electron chi connectivity index (χ1n) is 7.30. The van der Waals surface area contributed by atoms with Crippen LogP contribution in [0.2, 0.25) is 5.02 Å². The fraction of sp³-hybridized carbons (Fsp3) is 0.533. The van der Waals surface area contributed by atoms with Crippen LogP contribution in [0.5, 0.6) is 5.75 Å². The van der Waals surface area contributed by atoms with Gasteiger partial charge in [0.05, 0.1) is 5.69 Å². The van der Waals surface area contributed by atoms with Crippen molar-refractivity contribution in [3.8, 4) is 5.75 Å². The molecular formula is C15H21ClN2O3. The first-order chi connectivity index (χ1) is 10.1. The van der Waals surface area contributed by atoms with Crippen LogP contribution >= 0.6 is 11.6 Å². The summed E-state index contributed by atoms with van der Waals surface area (Å²) in [7, 11) is 0. The number of anilines is 1. The van der Waals surface area contributed by atoms with Crippen LogP contribution in [0.1, 0.15) is 37.7 Å². The number of aromatic hydroxyl groups is 1. The summed E-state index contributed by atoms with van der Waals surface area (Å²) in [6.07, 6.45) is 5.75. The van der Waals surface area contributed by atoms with Crippen molar-refractivity contribution in [3.05, 3.63) is 22.7 Å². The molecule has 0 radical (unpaired) electrons. The topological polar surface area (TPSA) is 81.6 Å². The smallest absolute Gasteiger partial charge is 0.319 e. The Morgan fingerprint density at radius 2 is 2.00 bits per heavy atom. The van der Waals surface area contributed by atoms with Gasteiger partial charge in [-0.25, -0.2) is 4.79 Å². The summed E-state index contributed by atoms with van der Waals surface area (Å²) in [4.78, 5) is 12.0. The number of phenols is 1. The van der Waals surface area contributed by atoms with Gasteiger partial charge in [0.2, 0.25) is 0 Å². The Bertz CT molecular complexity index is 502. The monoisotopic (exact) mass is 312 g/mol. The summed E-state index contributed by atoms with van der Waals surface area (Å²) in [6.45, 7) is -0.0956. The molecule has 6 heteroatoms. The quantitative estimate of drug-likeness (QED) is 0.645. The molecule has 4 N–H and O–H groups in total. The number of rotatable bonds is 4. The molecule has 0 unspecified atom stereocenters. The number of aliphatic hydroxyl groups excluding tert-OH is 1. The third-order valence-electron chi connectivity index (χ3n) is 3.72. The van der Waals surface area contributed by atoms with Crippen LogP contribution in [0, 0.1) is 0 Å². The molecule has 1 fully saturated rings. The van der Waals surface area contributed by atoms with Crippen molar-refractivity contribution in [1.82, 2.24) is 5.32 Å². The van der Waals surface area contributed by atoms with Crippen LogP contribution in [-0.2, 0) is 6.42 Å². The number of hydrogen-bond acceptors (Lipinski definition) is 3. The number of nitrogens with one attached hydrogen (secondary N) is 2. The zero-order chi connectivity index (χ0) is 15.2. The Kier molecular flexibility index (Phi) is 5.70. The predicted octanol–water partition coefficient (Wildman–Crippen LogP) is 3.03. The van der Waals surface area contributed by atoms with Gasteiger partial charge < -0.3 is 20.8 Å². The van der Waals surface area contributed by atoms with E-state index in [1.165, 1.54) is 12.5 Å². The summed E-state index contributed by atoms with van der Waals surface area (Å²) >= 11 is 5.97. The second kappa shape index (κ2) is 7.52. The molecule has 0 saturated heterocycles. The van der Waals surface area contributed by atoms with Crippen molar-refractivity contribution in [1.29, 1.82) is 0 Å². The largest absolute Gasteiger partial charge is 0.505 e. The standard InChI is InChI=1S/C15H21ClN2O3/c16-11-8-10(6-7-19)14(20)13(9-11)18-15(21)17-12-4-2-1-3-5-12/h8-9,12,19-20H,1-7H2,(H2,17,18,21). The lowest BCUT2D eigenvalue weighted by molar-refractivity contribution is 0.244. The van der Waals surface area contributed by atoms with Crippen molar-refractivity contribution in [2.24, 2.45) is 0 Å². The highest BCUT2D eigenvalue weighted by atomic mass is 35.5. The molecule has 21 heavy (non-hydrogen) atoms. The Morgan fingerprint density at radius 3 is 2.67 bits per heavy atom. The van der Waals surface area contributed by atoms with E-state index in [2.05, 4.69) is 10.6 Å². The van der Waals surface area contributed by atoms with Gasteiger partial charge in [0.25, 0.3) is 0 Å². The number of benzene rings is 1. The molecule has 0 spiro atoms. The number of urea groups is 1. The fourth-order valence-corrected chi connectivity index (χ4v) is 2.89. The van der Waals surface area contributed by atoms with Crippen LogP contribution in [0.25, 0.3) is 0 Å². The van der Waals surface area contributed by atoms with Crippen molar-refractivity contribution < 1.29 is 15.0 Å². The minimum atomic E-state index is -0.339. The second-order valence-corrected chi connectivity index (χ2v) is 5.80. The molecule has 0 bridgehead atoms. The predicted molar refractivity (Wildman–Crippen MR) is 82.9 cm³/mol.